The third-order valence-electron chi connectivity index (χ3n) is 4.99. The molecule has 154 valence electrons. The summed E-state index contributed by atoms with van der Waals surface area (Å²) in [5.41, 5.74) is 3.61. The lowest BCUT2D eigenvalue weighted by Crippen LogP contribution is -2.17. The average molecular weight is 399 g/mol. The van der Waals surface area contributed by atoms with E-state index in [0.29, 0.717) is 19.0 Å². The third-order valence-corrected chi connectivity index (χ3v) is 4.99. The fraction of sp³-hybridized carbons (Fsp3) is 0.409. The average Bonchev–Trinajstić information content (AvgIpc) is 2.65. The molecule has 0 atom stereocenters. The number of ether oxygens (including phenoxy) is 3. The molecule has 7 nitrogen and oxygen atoms in total. The van der Waals surface area contributed by atoms with Gasteiger partial charge in [-0.05, 0) is 41.5 Å². The molecule has 7 heteroatoms. The maximum Gasteiger partial charge on any atom is 0.345 e. The van der Waals surface area contributed by atoms with Crippen molar-refractivity contribution >= 4 is 11.7 Å². The van der Waals surface area contributed by atoms with Gasteiger partial charge in [-0.1, -0.05) is 32.9 Å². The lowest BCUT2D eigenvalue weighted by atomic mass is 9.84. The molecule has 0 aromatic heterocycles. The summed E-state index contributed by atoms with van der Waals surface area (Å²) >= 11 is 0. The van der Waals surface area contributed by atoms with Crippen LogP contribution in [0.5, 0.6) is 11.5 Å². The van der Waals surface area contributed by atoms with Crippen molar-refractivity contribution in [1.29, 1.82) is 0 Å². The van der Waals surface area contributed by atoms with Gasteiger partial charge >= 0.3 is 5.97 Å². The fourth-order valence-electron chi connectivity index (χ4n) is 3.26. The van der Waals surface area contributed by atoms with E-state index in [-0.39, 0.29) is 29.0 Å². The van der Waals surface area contributed by atoms with Crippen LogP contribution in [-0.2, 0) is 16.8 Å². The Bertz CT molecular complexity index is 951. The summed E-state index contributed by atoms with van der Waals surface area (Å²) in [4.78, 5) is 23.5. The smallest absolute Gasteiger partial charge is 0.345 e. The number of fused-ring (bicyclic) bond motifs is 1. The lowest BCUT2D eigenvalue weighted by molar-refractivity contribution is -0.385. The van der Waals surface area contributed by atoms with Crippen LogP contribution in [0.25, 0.3) is 0 Å². The molecule has 0 fully saturated rings. The summed E-state index contributed by atoms with van der Waals surface area (Å²) < 4.78 is 16.2. The first kappa shape index (κ1) is 20.6. The van der Waals surface area contributed by atoms with E-state index >= 15 is 0 Å². The van der Waals surface area contributed by atoms with Gasteiger partial charge in [0.05, 0.1) is 11.0 Å². The Balaban J connectivity index is 1.86. The van der Waals surface area contributed by atoms with Crippen molar-refractivity contribution in [2.75, 3.05) is 13.2 Å². The highest BCUT2D eigenvalue weighted by atomic mass is 16.6. The second-order valence-corrected chi connectivity index (χ2v) is 8.18. The van der Waals surface area contributed by atoms with Crippen LogP contribution in [0.4, 0.5) is 5.69 Å². The molecule has 1 aliphatic rings. The summed E-state index contributed by atoms with van der Waals surface area (Å²) in [7, 11) is 0. The molecule has 1 heterocycles. The largest absolute Gasteiger partial charge is 0.486 e. The number of benzene rings is 2. The van der Waals surface area contributed by atoms with Crippen molar-refractivity contribution in [1.82, 2.24) is 0 Å². The van der Waals surface area contributed by atoms with Crippen molar-refractivity contribution in [3.63, 3.8) is 0 Å². The minimum atomic E-state index is -0.771. The number of nitro groups is 1. The molecule has 2 aromatic carbocycles. The Hall–Kier alpha value is -3.09. The molecule has 0 saturated carbocycles. The first-order valence-electron chi connectivity index (χ1n) is 9.43. The molecule has 0 N–H and O–H groups in total. The van der Waals surface area contributed by atoms with Gasteiger partial charge in [0.25, 0.3) is 5.69 Å². The van der Waals surface area contributed by atoms with Gasteiger partial charge in [0, 0.05) is 6.07 Å². The Kier molecular flexibility index (Phi) is 5.50. The summed E-state index contributed by atoms with van der Waals surface area (Å²) in [6, 6.07) is 6.70. The minimum absolute atomic E-state index is 0.0105. The second-order valence-electron chi connectivity index (χ2n) is 8.18. The molecule has 0 spiro atoms. The standard InChI is InChI=1S/C22H25NO6/c1-13-8-15(22(3,4)5)9-14(2)17(13)12-29-21(24)16-10-19-20(28-7-6-27-19)11-18(16)23(25)26/h8-11H,6-7,12H2,1-5H3. The Labute approximate surface area is 169 Å². The van der Waals surface area contributed by atoms with Gasteiger partial charge < -0.3 is 14.2 Å². The number of hydrogen-bond acceptors (Lipinski definition) is 6. The van der Waals surface area contributed by atoms with E-state index in [9.17, 15) is 14.9 Å². The third kappa shape index (κ3) is 4.34. The number of nitro benzene ring substituents is 1. The topological polar surface area (TPSA) is 87.9 Å². The van der Waals surface area contributed by atoms with Gasteiger partial charge in [0.1, 0.15) is 25.4 Å². The quantitative estimate of drug-likeness (QED) is 0.423. The molecule has 0 saturated heterocycles. The zero-order valence-electron chi connectivity index (χ0n) is 17.3. The van der Waals surface area contributed by atoms with Crippen molar-refractivity contribution in [3.8, 4) is 11.5 Å². The molecule has 1 aliphatic heterocycles. The zero-order valence-corrected chi connectivity index (χ0v) is 17.3. The van der Waals surface area contributed by atoms with Crippen LogP contribution >= 0.6 is 0 Å². The van der Waals surface area contributed by atoms with Gasteiger partial charge in [0.15, 0.2) is 11.5 Å². The van der Waals surface area contributed by atoms with Crippen molar-refractivity contribution < 1.29 is 23.9 Å². The van der Waals surface area contributed by atoms with Gasteiger partial charge in [-0.3, -0.25) is 10.1 Å². The second kappa shape index (κ2) is 7.73. The van der Waals surface area contributed by atoms with Crippen molar-refractivity contribution in [2.24, 2.45) is 0 Å². The van der Waals surface area contributed by atoms with E-state index in [1.54, 1.807) is 0 Å². The summed E-state index contributed by atoms with van der Waals surface area (Å²) in [5.74, 6) is -0.216. The first-order chi connectivity index (χ1) is 13.6. The normalized spacial score (nSPS) is 13.1. The summed E-state index contributed by atoms with van der Waals surface area (Å²) in [5, 5.41) is 11.4. The number of esters is 1. The van der Waals surface area contributed by atoms with E-state index in [4.69, 9.17) is 14.2 Å². The first-order valence-corrected chi connectivity index (χ1v) is 9.43. The van der Waals surface area contributed by atoms with Gasteiger partial charge in [-0.2, -0.15) is 0 Å². The number of hydrogen-bond donors (Lipinski definition) is 0. The van der Waals surface area contributed by atoms with E-state index in [1.807, 2.05) is 13.8 Å². The monoisotopic (exact) mass is 399 g/mol. The van der Waals surface area contributed by atoms with E-state index < -0.39 is 10.9 Å². The molecule has 0 unspecified atom stereocenters. The molecular formula is C22H25NO6. The SMILES string of the molecule is Cc1cc(C(C)(C)C)cc(C)c1COC(=O)c1cc2c(cc1[N+](=O)[O-])OCCO2. The number of carbonyl (C=O) groups excluding carboxylic acids is 1. The molecular weight excluding hydrogens is 374 g/mol. The fourth-order valence-corrected chi connectivity index (χ4v) is 3.26. The van der Waals surface area contributed by atoms with E-state index in [2.05, 4.69) is 32.9 Å². The highest BCUT2D eigenvalue weighted by molar-refractivity contribution is 5.95. The molecule has 29 heavy (non-hydrogen) atoms. The van der Waals surface area contributed by atoms with Gasteiger partial charge in [-0.15, -0.1) is 0 Å². The molecule has 3 rings (SSSR count). The van der Waals surface area contributed by atoms with Crippen LogP contribution in [-0.4, -0.2) is 24.1 Å². The number of rotatable bonds is 4. The van der Waals surface area contributed by atoms with Crippen LogP contribution < -0.4 is 9.47 Å². The predicted molar refractivity (Wildman–Crippen MR) is 108 cm³/mol. The number of aryl methyl sites for hydroxylation is 2. The van der Waals surface area contributed by atoms with E-state index in [0.717, 1.165) is 16.7 Å². The number of carbonyl (C=O) groups is 1. The van der Waals surface area contributed by atoms with Crippen LogP contribution in [0, 0.1) is 24.0 Å². The molecule has 0 bridgehead atoms. The lowest BCUT2D eigenvalue weighted by Gasteiger charge is -2.22. The summed E-state index contributed by atoms with van der Waals surface area (Å²) in [6.45, 7) is 11.0. The highest BCUT2D eigenvalue weighted by Crippen LogP contribution is 2.37. The van der Waals surface area contributed by atoms with Crippen molar-refractivity contribution in [3.05, 3.63) is 62.2 Å². The predicted octanol–water partition coefficient (Wildman–Crippen LogP) is 4.64. The number of nitrogens with zero attached hydrogens (tertiary/aromatic N) is 1. The minimum Gasteiger partial charge on any atom is -0.486 e. The van der Waals surface area contributed by atoms with Crippen LogP contribution in [0.2, 0.25) is 0 Å². The highest BCUT2D eigenvalue weighted by Gasteiger charge is 2.27. The molecule has 0 radical (unpaired) electrons. The Morgan fingerprint density at radius 1 is 1.07 bits per heavy atom. The molecule has 0 amide bonds. The van der Waals surface area contributed by atoms with Crippen LogP contribution in [0.3, 0.4) is 0 Å². The van der Waals surface area contributed by atoms with Crippen molar-refractivity contribution in [2.45, 2.75) is 46.6 Å². The van der Waals surface area contributed by atoms with Gasteiger partial charge in [0.2, 0.25) is 0 Å². The zero-order chi connectivity index (χ0) is 21.3. The maximum atomic E-state index is 12.7. The van der Waals surface area contributed by atoms with E-state index in [1.165, 1.54) is 17.7 Å². The Morgan fingerprint density at radius 2 is 1.62 bits per heavy atom. The summed E-state index contributed by atoms with van der Waals surface area (Å²) in [6.07, 6.45) is 0. The van der Waals surface area contributed by atoms with Crippen LogP contribution in [0.15, 0.2) is 24.3 Å². The van der Waals surface area contributed by atoms with Gasteiger partial charge in [-0.25, -0.2) is 4.79 Å². The molecule has 2 aromatic rings. The van der Waals surface area contributed by atoms with Crippen LogP contribution in [0.1, 0.15) is 53.4 Å². The maximum absolute atomic E-state index is 12.7. The Morgan fingerprint density at radius 3 is 2.14 bits per heavy atom. The molecule has 0 aliphatic carbocycles.